The molecule has 1 aromatic heterocycles. The van der Waals surface area contributed by atoms with Crippen LogP contribution in [0.5, 0.6) is 5.75 Å². The van der Waals surface area contributed by atoms with Crippen molar-refractivity contribution in [1.29, 1.82) is 0 Å². The fourth-order valence-corrected chi connectivity index (χ4v) is 4.19. The van der Waals surface area contributed by atoms with Gasteiger partial charge in [-0.05, 0) is 48.0 Å². The van der Waals surface area contributed by atoms with Crippen LogP contribution in [0.1, 0.15) is 15.9 Å². The molecular formula is C21H21N5O4S. The SMILES string of the molecule is COc1ccc(C(N)=O)cc1S(=O)(=O)c1ccc(CN=C(N)Nc2ccncc2)cc1. The maximum atomic E-state index is 13.1. The van der Waals surface area contributed by atoms with E-state index in [-0.39, 0.29) is 33.6 Å². The van der Waals surface area contributed by atoms with Gasteiger partial charge in [0.2, 0.25) is 15.7 Å². The van der Waals surface area contributed by atoms with Crippen molar-refractivity contribution in [2.75, 3.05) is 12.4 Å². The summed E-state index contributed by atoms with van der Waals surface area (Å²) in [5.41, 5.74) is 12.7. The predicted molar refractivity (Wildman–Crippen MR) is 117 cm³/mol. The topological polar surface area (TPSA) is 150 Å². The molecule has 5 N–H and O–H groups in total. The number of nitrogens with two attached hydrogens (primary N) is 2. The molecular weight excluding hydrogens is 418 g/mol. The van der Waals surface area contributed by atoms with Crippen LogP contribution in [-0.4, -0.2) is 32.4 Å². The molecule has 160 valence electrons. The molecule has 3 rings (SSSR count). The van der Waals surface area contributed by atoms with Crippen molar-refractivity contribution in [3.63, 3.8) is 0 Å². The molecule has 0 saturated carbocycles. The summed E-state index contributed by atoms with van der Waals surface area (Å²) in [6, 6.07) is 13.7. The van der Waals surface area contributed by atoms with Crippen LogP contribution < -0.4 is 21.5 Å². The van der Waals surface area contributed by atoms with Gasteiger partial charge >= 0.3 is 0 Å². The summed E-state index contributed by atoms with van der Waals surface area (Å²) in [6.45, 7) is 0.255. The Kier molecular flexibility index (Phi) is 6.51. The van der Waals surface area contributed by atoms with Crippen LogP contribution in [-0.2, 0) is 16.4 Å². The molecule has 2 aromatic carbocycles. The second-order valence-corrected chi connectivity index (χ2v) is 8.36. The zero-order chi connectivity index (χ0) is 22.4. The molecule has 9 nitrogen and oxygen atoms in total. The third-order valence-electron chi connectivity index (χ3n) is 4.36. The Morgan fingerprint density at radius 2 is 1.74 bits per heavy atom. The first-order valence-electron chi connectivity index (χ1n) is 9.10. The van der Waals surface area contributed by atoms with Gasteiger partial charge in [-0.25, -0.2) is 13.4 Å². The number of hydrogen-bond acceptors (Lipinski definition) is 6. The van der Waals surface area contributed by atoms with Crippen molar-refractivity contribution in [1.82, 2.24) is 4.98 Å². The van der Waals surface area contributed by atoms with Gasteiger partial charge in [-0.3, -0.25) is 9.78 Å². The number of nitrogens with one attached hydrogen (secondary N) is 1. The van der Waals surface area contributed by atoms with Crippen molar-refractivity contribution in [3.8, 4) is 5.75 Å². The summed E-state index contributed by atoms with van der Waals surface area (Å²) in [6.07, 6.45) is 3.26. The van der Waals surface area contributed by atoms with Gasteiger partial charge in [0.15, 0.2) is 5.96 Å². The number of amides is 1. The maximum Gasteiger partial charge on any atom is 0.248 e. The average molecular weight is 439 g/mol. The molecule has 0 atom stereocenters. The number of benzene rings is 2. The van der Waals surface area contributed by atoms with Crippen LogP contribution in [0.3, 0.4) is 0 Å². The van der Waals surface area contributed by atoms with E-state index < -0.39 is 15.7 Å². The second kappa shape index (κ2) is 9.26. The highest BCUT2D eigenvalue weighted by molar-refractivity contribution is 7.91. The van der Waals surface area contributed by atoms with Crippen LogP contribution in [0.4, 0.5) is 5.69 Å². The smallest absolute Gasteiger partial charge is 0.248 e. The molecule has 10 heteroatoms. The quantitative estimate of drug-likeness (QED) is 0.376. The van der Waals surface area contributed by atoms with Gasteiger partial charge in [-0.1, -0.05) is 12.1 Å². The molecule has 3 aromatic rings. The van der Waals surface area contributed by atoms with E-state index in [0.29, 0.717) is 0 Å². The Hall–Kier alpha value is -3.92. The Bertz CT molecular complexity index is 1210. The first-order valence-corrected chi connectivity index (χ1v) is 10.6. The van der Waals surface area contributed by atoms with Crippen molar-refractivity contribution >= 4 is 27.4 Å². The third kappa shape index (κ3) is 5.17. The van der Waals surface area contributed by atoms with E-state index in [1.807, 2.05) is 0 Å². The summed E-state index contributed by atoms with van der Waals surface area (Å²) in [7, 11) is -2.59. The van der Waals surface area contributed by atoms with E-state index in [1.54, 1.807) is 36.7 Å². The van der Waals surface area contributed by atoms with E-state index in [0.717, 1.165) is 11.3 Å². The van der Waals surface area contributed by atoms with Crippen LogP contribution >= 0.6 is 0 Å². The minimum atomic E-state index is -3.94. The zero-order valence-corrected chi connectivity index (χ0v) is 17.5. The number of hydrogen-bond donors (Lipinski definition) is 3. The van der Waals surface area contributed by atoms with E-state index in [1.165, 1.54) is 37.4 Å². The van der Waals surface area contributed by atoms with E-state index in [2.05, 4.69) is 15.3 Å². The number of sulfone groups is 1. The molecule has 0 spiro atoms. The molecule has 0 aliphatic carbocycles. The average Bonchev–Trinajstić information content (AvgIpc) is 2.78. The van der Waals surface area contributed by atoms with Crippen molar-refractivity contribution < 1.29 is 17.9 Å². The van der Waals surface area contributed by atoms with Crippen molar-refractivity contribution in [2.45, 2.75) is 16.3 Å². The first-order chi connectivity index (χ1) is 14.8. The second-order valence-electron chi connectivity index (χ2n) is 6.44. The van der Waals surface area contributed by atoms with Crippen molar-refractivity contribution in [3.05, 3.63) is 78.1 Å². The third-order valence-corrected chi connectivity index (χ3v) is 6.15. The fourth-order valence-electron chi connectivity index (χ4n) is 2.74. The molecule has 0 aliphatic rings. The lowest BCUT2D eigenvalue weighted by molar-refractivity contribution is 0.1000. The number of methoxy groups -OCH3 is 1. The molecule has 0 radical (unpaired) electrons. The Labute approximate surface area is 179 Å². The summed E-state index contributed by atoms with van der Waals surface area (Å²) >= 11 is 0. The monoisotopic (exact) mass is 439 g/mol. The number of primary amides is 1. The molecule has 1 amide bonds. The number of nitrogens with zero attached hydrogens (tertiary/aromatic N) is 2. The number of carbonyl (C=O) groups excluding carboxylic acids is 1. The molecule has 0 fully saturated rings. The minimum Gasteiger partial charge on any atom is -0.495 e. The molecule has 0 aliphatic heterocycles. The maximum absolute atomic E-state index is 13.1. The molecule has 0 saturated heterocycles. The predicted octanol–water partition coefficient (Wildman–Crippen LogP) is 1.95. The van der Waals surface area contributed by atoms with Gasteiger partial charge < -0.3 is 21.5 Å². The van der Waals surface area contributed by atoms with Crippen LogP contribution in [0.25, 0.3) is 0 Å². The Balaban J connectivity index is 1.80. The van der Waals surface area contributed by atoms with Gasteiger partial charge in [0.1, 0.15) is 10.6 Å². The number of ether oxygens (including phenoxy) is 1. The van der Waals surface area contributed by atoms with E-state index in [9.17, 15) is 13.2 Å². The number of anilines is 1. The minimum absolute atomic E-state index is 0.0445. The molecule has 1 heterocycles. The lowest BCUT2D eigenvalue weighted by Crippen LogP contribution is -2.22. The number of guanidine groups is 1. The van der Waals surface area contributed by atoms with Gasteiger partial charge in [-0.15, -0.1) is 0 Å². The fraction of sp³-hybridized carbons (Fsp3) is 0.0952. The number of rotatable bonds is 7. The van der Waals surface area contributed by atoms with Crippen LogP contribution in [0.2, 0.25) is 0 Å². The number of aromatic nitrogens is 1. The lowest BCUT2D eigenvalue weighted by Gasteiger charge is -2.11. The highest BCUT2D eigenvalue weighted by Crippen LogP contribution is 2.30. The van der Waals surface area contributed by atoms with Crippen LogP contribution in [0.15, 0.2) is 81.8 Å². The molecule has 0 unspecified atom stereocenters. The largest absolute Gasteiger partial charge is 0.495 e. The number of aliphatic imine (C=N–C) groups is 1. The molecule has 31 heavy (non-hydrogen) atoms. The lowest BCUT2D eigenvalue weighted by atomic mass is 10.2. The summed E-state index contributed by atoms with van der Waals surface area (Å²) < 4.78 is 31.3. The summed E-state index contributed by atoms with van der Waals surface area (Å²) in [5.74, 6) is -0.394. The van der Waals surface area contributed by atoms with E-state index >= 15 is 0 Å². The standard InChI is InChI=1S/C21H21N5O4S/c1-30-18-7-4-15(20(22)27)12-19(18)31(28,29)17-5-2-14(3-6-17)13-25-21(23)26-16-8-10-24-11-9-16/h2-12H,13H2,1H3,(H2,22,27)(H3,23,24,25,26). The Morgan fingerprint density at radius 1 is 1.06 bits per heavy atom. The summed E-state index contributed by atoms with van der Waals surface area (Å²) in [4.78, 5) is 19.5. The van der Waals surface area contributed by atoms with Crippen molar-refractivity contribution in [2.24, 2.45) is 16.5 Å². The highest BCUT2D eigenvalue weighted by atomic mass is 32.2. The van der Waals surface area contributed by atoms with E-state index in [4.69, 9.17) is 16.2 Å². The van der Waals surface area contributed by atoms with Gasteiger partial charge in [0, 0.05) is 23.6 Å². The van der Waals surface area contributed by atoms with Gasteiger partial charge in [-0.2, -0.15) is 0 Å². The first kappa shape index (κ1) is 21.8. The van der Waals surface area contributed by atoms with Gasteiger partial charge in [0.05, 0.1) is 18.6 Å². The zero-order valence-electron chi connectivity index (χ0n) is 16.6. The molecule has 0 bridgehead atoms. The van der Waals surface area contributed by atoms with Crippen LogP contribution in [0, 0.1) is 0 Å². The number of pyridine rings is 1. The van der Waals surface area contributed by atoms with Gasteiger partial charge in [0.25, 0.3) is 0 Å². The highest BCUT2D eigenvalue weighted by Gasteiger charge is 2.23. The normalized spacial score (nSPS) is 11.7. The Morgan fingerprint density at radius 3 is 2.35 bits per heavy atom. The number of carbonyl (C=O) groups is 1. The summed E-state index contributed by atoms with van der Waals surface area (Å²) in [5, 5.41) is 2.94.